The van der Waals surface area contributed by atoms with Gasteiger partial charge in [0.2, 0.25) is 11.8 Å². The molecule has 0 bridgehead atoms. The second-order valence-electron chi connectivity index (χ2n) is 9.81. The van der Waals surface area contributed by atoms with E-state index in [4.69, 9.17) is 0 Å². The maximum absolute atomic E-state index is 13.9. The van der Waals surface area contributed by atoms with E-state index in [0.717, 1.165) is 26.6 Å². The molecule has 0 saturated carbocycles. The van der Waals surface area contributed by atoms with Gasteiger partial charge in [0.25, 0.3) is 10.0 Å². The molecule has 3 aromatic rings. The molecule has 0 unspecified atom stereocenters. The maximum atomic E-state index is 13.9. The average Bonchev–Trinajstić information content (AvgIpc) is 2.90. The monoisotopic (exact) mass is 535 g/mol. The van der Waals surface area contributed by atoms with Gasteiger partial charge < -0.3 is 10.2 Å². The minimum absolute atomic E-state index is 0.0913. The summed E-state index contributed by atoms with van der Waals surface area (Å²) in [7, 11) is -2.57. The van der Waals surface area contributed by atoms with Gasteiger partial charge in [-0.15, -0.1) is 0 Å². The molecule has 0 heterocycles. The highest BCUT2D eigenvalue weighted by molar-refractivity contribution is 7.92. The first-order valence-electron chi connectivity index (χ1n) is 12.7. The fraction of sp³-hybridized carbons (Fsp3) is 0.333. The quantitative estimate of drug-likeness (QED) is 0.405. The predicted octanol–water partition coefficient (Wildman–Crippen LogP) is 4.79. The van der Waals surface area contributed by atoms with Crippen molar-refractivity contribution < 1.29 is 18.0 Å². The molecule has 3 aromatic carbocycles. The van der Waals surface area contributed by atoms with Crippen molar-refractivity contribution in [2.24, 2.45) is 0 Å². The molecule has 38 heavy (non-hydrogen) atoms. The molecule has 0 aliphatic heterocycles. The number of carbonyl (C=O) groups is 2. The number of likely N-dealkylation sites (N-methyl/N-ethyl adjacent to an activating group) is 1. The Morgan fingerprint density at radius 3 is 2.03 bits per heavy atom. The zero-order valence-corrected chi connectivity index (χ0v) is 23.7. The van der Waals surface area contributed by atoms with Gasteiger partial charge in [-0.3, -0.25) is 13.9 Å². The summed E-state index contributed by atoms with van der Waals surface area (Å²) in [6.07, 6.45) is 0. The SMILES string of the molecule is CNC(=O)[C@H](C)N(Cc1ccccc1C)C(=O)CN(c1ccc(C(C)C)cc1)S(=O)(=O)c1ccc(C)cc1. The van der Waals surface area contributed by atoms with Crippen LogP contribution in [0.25, 0.3) is 0 Å². The number of anilines is 1. The molecule has 7 nitrogen and oxygen atoms in total. The van der Waals surface area contributed by atoms with E-state index in [2.05, 4.69) is 19.2 Å². The van der Waals surface area contributed by atoms with Crippen LogP contribution in [0.1, 0.15) is 48.9 Å². The first kappa shape index (κ1) is 28.9. The summed E-state index contributed by atoms with van der Waals surface area (Å²) in [6.45, 7) is 9.30. The van der Waals surface area contributed by atoms with Crippen molar-refractivity contribution in [3.05, 3.63) is 95.1 Å². The summed E-state index contributed by atoms with van der Waals surface area (Å²) < 4.78 is 28.9. The molecule has 1 N–H and O–H groups in total. The van der Waals surface area contributed by atoms with Crippen LogP contribution in [0.3, 0.4) is 0 Å². The average molecular weight is 536 g/mol. The summed E-state index contributed by atoms with van der Waals surface area (Å²) in [5.74, 6) is -0.542. The van der Waals surface area contributed by atoms with Crippen molar-refractivity contribution in [1.82, 2.24) is 10.2 Å². The molecule has 1 atom stereocenters. The van der Waals surface area contributed by atoms with Crippen molar-refractivity contribution in [3.8, 4) is 0 Å². The number of hydrogen-bond donors (Lipinski definition) is 1. The lowest BCUT2D eigenvalue weighted by Crippen LogP contribution is -2.50. The number of sulfonamides is 1. The van der Waals surface area contributed by atoms with E-state index in [9.17, 15) is 18.0 Å². The van der Waals surface area contributed by atoms with Gasteiger partial charge in [0.05, 0.1) is 10.6 Å². The van der Waals surface area contributed by atoms with E-state index < -0.39 is 28.5 Å². The van der Waals surface area contributed by atoms with Crippen LogP contribution in [0.15, 0.2) is 77.7 Å². The van der Waals surface area contributed by atoms with Crippen LogP contribution in [-0.4, -0.2) is 44.8 Å². The lowest BCUT2D eigenvalue weighted by Gasteiger charge is -2.32. The summed E-state index contributed by atoms with van der Waals surface area (Å²) in [5.41, 5.74) is 4.22. The minimum atomic E-state index is -4.08. The number of benzene rings is 3. The highest BCUT2D eigenvalue weighted by Gasteiger charge is 2.32. The Bertz CT molecular complexity index is 1370. The summed E-state index contributed by atoms with van der Waals surface area (Å²) in [4.78, 5) is 28.0. The van der Waals surface area contributed by atoms with Gasteiger partial charge in [0, 0.05) is 13.6 Å². The molecule has 8 heteroatoms. The van der Waals surface area contributed by atoms with Crippen LogP contribution < -0.4 is 9.62 Å². The molecule has 0 radical (unpaired) electrons. The number of amides is 2. The smallest absolute Gasteiger partial charge is 0.264 e. The Kier molecular flexibility index (Phi) is 9.33. The molecular weight excluding hydrogens is 498 g/mol. The molecule has 0 fully saturated rings. The Labute approximate surface area is 226 Å². The van der Waals surface area contributed by atoms with Gasteiger partial charge in [-0.05, 0) is 67.6 Å². The lowest BCUT2D eigenvalue weighted by molar-refractivity contribution is -0.139. The summed E-state index contributed by atoms with van der Waals surface area (Å²) in [6, 6.07) is 20.6. The molecule has 0 spiro atoms. The van der Waals surface area contributed by atoms with E-state index in [1.807, 2.05) is 50.2 Å². The fourth-order valence-corrected chi connectivity index (χ4v) is 5.57. The van der Waals surface area contributed by atoms with Gasteiger partial charge in [0.1, 0.15) is 12.6 Å². The van der Waals surface area contributed by atoms with Gasteiger partial charge in [-0.2, -0.15) is 0 Å². The zero-order chi connectivity index (χ0) is 28.0. The van der Waals surface area contributed by atoms with Crippen LogP contribution in [0.2, 0.25) is 0 Å². The zero-order valence-electron chi connectivity index (χ0n) is 22.9. The molecule has 0 aromatic heterocycles. The number of hydrogen-bond acceptors (Lipinski definition) is 4. The number of aryl methyl sites for hydroxylation is 2. The lowest BCUT2D eigenvalue weighted by atomic mass is 10.0. The van der Waals surface area contributed by atoms with Crippen molar-refractivity contribution in [1.29, 1.82) is 0 Å². The third-order valence-electron chi connectivity index (χ3n) is 6.75. The molecule has 3 rings (SSSR count). The Balaban J connectivity index is 2.05. The van der Waals surface area contributed by atoms with Crippen molar-refractivity contribution in [2.75, 3.05) is 17.9 Å². The first-order chi connectivity index (χ1) is 17.9. The second-order valence-corrected chi connectivity index (χ2v) is 11.7. The maximum Gasteiger partial charge on any atom is 0.264 e. The number of carbonyl (C=O) groups excluding carboxylic acids is 2. The van der Waals surface area contributed by atoms with E-state index >= 15 is 0 Å². The Hall–Kier alpha value is -3.65. The number of nitrogens with one attached hydrogen (secondary N) is 1. The first-order valence-corrected chi connectivity index (χ1v) is 14.1. The topological polar surface area (TPSA) is 86.8 Å². The van der Waals surface area contributed by atoms with Crippen molar-refractivity contribution in [3.63, 3.8) is 0 Å². The Morgan fingerprint density at radius 1 is 0.868 bits per heavy atom. The van der Waals surface area contributed by atoms with Gasteiger partial charge >= 0.3 is 0 Å². The van der Waals surface area contributed by atoms with Crippen molar-refractivity contribution in [2.45, 2.75) is 58.0 Å². The molecule has 2 amide bonds. The summed E-state index contributed by atoms with van der Waals surface area (Å²) >= 11 is 0. The van der Waals surface area contributed by atoms with Crippen molar-refractivity contribution >= 4 is 27.5 Å². The van der Waals surface area contributed by atoms with E-state index in [-0.39, 0.29) is 23.3 Å². The fourth-order valence-electron chi connectivity index (χ4n) is 4.15. The van der Waals surface area contributed by atoms with Crippen LogP contribution in [0, 0.1) is 13.8 Å². The highest BCUT2D eigenvalue weighted by Crippen LogP contribution is 2.27. The standard InChI is InChI=1S/C30H37N3O4S/c1-21(2)25-13-15-27(16-14-25)33(38(36,37)28-17-11-22(3)12-18-28)20-29(34)32(24(5)30(35)31-6)19-26-10-8-7-9-23(26)4/h7-18,21,24H,19-20H2,1-6H3,(H,31,35)/t24-/m0/s1. The third kappa shape index (κ3) is 6.61. The van der Waals surface area contributed by atoms with E-state index in [1.54, 1.807) is 43.3 Å². The van der Waals surface area contributed by atoms with Crippen LogP contribution >= 0.6 is 0 Å². The van der Waals surface area contributed by atoms with E-state index in [1.165, 1.54) is 11.9 Å². The molecular formula is C30H37N3O4S. The van der Waals surface area contributed by atoms with E-state index in [0.29, 0.717) is 5.69 Å². The molecule has 0 aliphatic rings. The normalized spacial score (nSPS) is 12.2. The van der Waals surface area contributed by atoms with Gasteiger partial charge in [-0.1, -0.05) is 67.9 Å². The second kappa shape index (κ2) is 12.3. The molecule has 202 valence electrons. The van der Waals surface area contributed by atoms with Crippen LogP contribution in [0.5, 0.6) is 0 Å². The van der Waals surface area contributed by atoms with Gasteiger partial charge in [0.15, 0.2) is 0 Å². The molecule has 0 saturated heterocycles. The predicted molar refractivity (Wildman–Crippen MR) is 151 cm³/mol. The highest BCUT2D eigenvalue weighted by atomic mass is 32.2. The summed E-state index contributed by atoms with van der Waals surface area (Å²) in [5, 5.41) is 2.60. The third-order valence-corrected chi connectivity index (χ3v) is 8.54. The number of nitrogens with zero attached hydrogens (tertiary/aromatic N) is 2. The molecule has 0 aliphatic carbocycles. The largest absolute Gasteiger partial charge is 0.357 e. The van der Waals surface area contributed by atoms with Gasteiger partial charge in [-0.25, -0.2) is 8.42 Å². The number of rotatable bonds is 10. The minimum Gasteiger partial charge on any atom is -0.357 e. The van der Waals surface area contributed by atoms with Crippen LogP contribution in [0.4, 0.5) is 5.69 Å². The Morgan fingerprint density at radius 2 is 1.47 bits per heavy atom. The van der Waals surface area contributed by atoms with Crippen LogP contribution in [-0.2, 0) is 26.2 Å².